The van der Waals surface area contributed by atoms with Crippen LogP contribution in [0.15, 0.2) is 48.5 Å². The zero-order chi connectivity index (χ0) is 22.0. The molecule has 1 aliphatic rings. The maximum Gasteiger partial charge on any atom is 0.272 e. The van der Waals surface area contributed by atoms with E-state index in [0.717, 1.165) is 16.8 Å². The number of carbonyl (C=O) groups is 2. The molecular weight excluding hydrogens is 398 g/mol. The third-order valence-corrected chi connectivity index (χ3v) is 5.30. The van der Waals surface area contributed by atoms with Crippen molar-refractivity contribution in [2.24, 2.45) is 0 Å². The minimum absolute atomic E-state index is 0.0696. The van der Waals surface area contributed by atoms with Gasteiger partial charge in [-0.1, -0.05) is 29.8 Å². The summed E-state index contributed by atoms with van der Waals surface area (Å²) in [4.78, 5) is 37.5. The van der Waals surface area contributed by atoms with Crippen molar-refractivity contribution in [1.82, 2.24) is 20.4 Å². The van der Waals surface area contributed by atoms with Gasteiger partial charge in [0.15, 0.2) is 5.69 Å². The molecule has 0 aliphatic carbocycles. The number of H-pyrrole nitrogens is 1. The summed E-state index contributed by atoms with van der Waals surface area (Å²) in [5, 5.41) is 20.8. The Hall–Kier alpha value is -4.01. The number of nitrogens with one attached hydrogen (secondary N) is 2. The van der Waals surface area contributed by atoms with Gasteiger partial charge in [0.05, 0.1) is 11.5 Å². The minimum atomic E-state index is -0.505. The zero-order valence-corrected chi connectivity index (χ0v) is 16.9. The van der Waals surface area contributed by atoms with Gasteiger partial charge in [-0.3, -0.25) is 24.8 Å². The van der Waals surface area contributed by atoms with Crippen molar-refractivity contribution in [3.63, 3.8) is 0 Å². The van der Waals surface area contributed by atoms with Crippen molar-refractivity contribution < 1.29 is 14.5 Å². The number of hydrogen-bond donors (Lipinski definition) is 2. The second kappa shape index (κ2) is 8.39. The Bertz CT molecular complexity index is 1150. The van der Waals surface area contributed by atoms with E-state index in [4.69, 9.17) is 0 Å². The number of nitro groups is 1. The summed E-state index contributed by atoms with van der Waals surface area (Å²) in [6.07, 6.45) is 0.548. The molecule has 9 heteroatoms. The van der Waals surface area contributed by atoms with Gasteiger partial charge >= 0.3 is 0 Å². The molecule has 1 aliphatic heterocycles. The largest absolute Gasteiger partial charge is 0.347 e. The molecule has 0 fully saturated rings. The van der Waals surface area contributed by atoms with Crippen LogP contribution in [0.3, 0.4) is 0 Å². The highest BCUT2D eigenvalue weighted by Crippen LogP contribution is 2.23. The first kappa shape index (κ1) is 20.3. The normalized spacial score (nSPS) is 12.9. The van der Waals surface area contributed by atoms with Crippen molar-refractivity contribution in [1.29, 1.82) is 0 Å². The maximum atomic E-state index is 12.9. The molecule has 2 aromatic carbocycles. The van der Waals surface area contributed by atoms with E-state index < -0.39 is 4.92 Å². The van der Waals surface area contributed by atoms with E-state index in [-0.39, 0.29) is 29.7 Å². The average molecular weight is 419 g/mol. The Morgan fingerprint density at radius 3 is 2.71 bits per heavy atom. The van der Waals surface area contributed by atoms with Crippen LogP contribution in [0, 0.1) is 17.0 Å². The molecule has 3 aromatic rings. The van der Waals surface area contributed by atoms with Crippen molar-refractivity contribution >= 4 is 17.5 Å². The Morgan fingerprint density at radius 1 is 1.23 bits per heavy atom. The fourth-order valence-electron chi connectivity index (χ4n) is 3.65. The van der Waals surface area contributed by atoms with E-state index in [2.05, 4.69) is 15.5 Å². The number of nitrogens with zero attached hydrogens (tertiary/aromatic N) is 3. The van der Waals surface area contributed by atoms with Gasteiger partial charge < -0.3 is 10.2 Å². The molecule has 158 valence electrons. The number of amides is 2. The smallest absolute Gasteiger partial charge is 0.272 e. The first-order valence-electron chi connectivity index (χ1n) is 9.86. The predicted octanol–water partition coefficient (Wildman–Crippen LogP) is 2.75. The Balaban J connectivity index is 1.46. The Morgan fingerprint density at radius 2 is 2.00 bits per heavy atom. The first-order valence-corrected chi connectivity index (χ1v) is 9.86. The lowest BCUT2D eigenvalue weighted by molar-refractivity contribution is -0.384. The van der Waals surface area contributed by atoms with E-state index in [0.29, 0.717) is 30.6 Å². The molecule has 0 radical (unpaired) electrons. The molecule has 1 aromatic heterocycles. The number of fused-ring (bicyclic) bond motifs is 1. The fourth-order valence-corrected chi connectivity index (χ4v) is 3.65. The number of nitro benzene ring substituents is 1. The van der Waals surface area contributed by atoms with Crippen molar-refractivity contribution in [3.05, 3.63) is 92.3 Å². The van der Waals surface area contributed by atoms with Crippen molar-refractivity contribution in [2.75, 3.05) is 6.54 Å². The van der Waals surface area contributed by atoms with Gasteiger partial charge in [0, 0.05) is 48.5 Å². The summed E-state index contributed by atoms with van der Waals surface area (Å²) < 4.78 is 0. The minimum Gasteiger partial charge on any atom is -0.347 e. The standard InChI is InChI=1S/C22H21N5O4/c1-14-3-2-4-15(11-14)12-23-21(28)20-18-13-26(10-9-19(18)24-25-20)22(29)16-5-7-17(8-6-16)27(30)31/h2-8,11H,9-10,12-13H2,1H3,(H,23,28)(H,24,25). The molecule has 0 saturated carbocycles. The number of carbonyl (C=O) groups excluding carboxylic acids is 2. The number of benzene rings is 2. The lowest BCUT2D eigenvalue weighted by Gasteiger charge is -2.27. The molecule has 2 N–H and O–H groups in total. The molecule has 0 spiro atoms. The Labute approximate surface area is 178 Å². The topological polar surface area (TPSA) is 121 Å². The van der Waals surface area contributed by atoms with Gasteiger partial charge in [0.25, 0.3) is 17.5 Å². The van der Waals surface area contributed by atoms with E-state index >= 15 is 0 Å². The van der Waals surface area contributed by atoms with Crippen LogP contribution in [0.5, 0.6) is 0 Å². The summed E-state index contributed by atoms with van der Waals surface area (Å²) in [6, 6.07) is 13.4. The van der Waals surface area contributed by atoms with Crippen LogP contribution < -0.4 is 5.32 Å². The fraction of sp³-hybridized carbons (Fsp3) is 0.227. The van der Waals surface area contributed by atoms with Gasteiger partial charge in [-0.05, 0) is 24.6 Å². The predicted molar refractivity (Wildman–Crippen MR) is 112 cm³/mol. The summed E-state index contributed by atoms with van der Waals surface area (Å²) in [5.74, 6) is -0.545. The maximum absolute atomic E-state index is 12.9. The van der Waals surface area contributed by atoms with E-state index in [1.807, 2.05) is 31.2 Å². The molecule has 0 saturated heterocycles. The van der Waals surface area contributed by atoms with Crippen LogP contribution in [-0.4, -0.2) is 38.4 Å². The quantitative estimate of drug-likeness (QED) is 0.486. The molecular formula is C22H21N5O4. The third kappa shape index (κ3) is 4.30. The molecule has 0 bridgehead atoms. The van der Waals surface area contributed by atoms with Crippen LogP contribution in [-0.2, 0) is 19.5 Å². The zero-order valence-electron chi connectivity index (χ0n) is 16.9. The third-order valence-electron chi connectivity index (χ3n) is 5.30. The molecule has 2 heterocycles. The summed E-state index contributed by atoms with van der Waals surface area (Å²) >= 11 is 0. The van der Waals surface area contributed by atoms with Gasteiger partial charge in [-0.25, -0.2) is 0 Å². The van der Waals surface area contributed by atoms with Crippen LogP contribution >= 0.6 is 0 Å². The van der Waals surface area contributed by atoms with Gasteiger partial charge in [0.2, 0.25) is 0 Å². The second-order valence-electron chi connectivity index (χ2n) is 7.48. The molecule has 9 nitrogen and oxygen atoms in total. The molecule has 2 amide bonds. The second-order valence-corrected chi connectivity index (χ2v) is 7.48. The van der Waals surface area contributed by atoms with E-state index in [1.165, 1.54) is 24.3 Å². The number of non-ortho nitro benzene ring substituents is 1. The van der Waals surface area contributed by atoms with Gasteiger partial charge in [0.1, 0.15) is 0 Å². The first-order chi connectivity index (χ1) is 14.9. The molecule has 0 unspecified atom stereocenters. The van der Waals surface area contributed by atoms with Crippen LogP contribution in [0.2, 0.25) is 0 Å². The van der Waals surface area contributed by atoms with Crippen LogP contribution in [0.1, 0.15) is 43.2 Å². The van der Waals surface area contributed by atoms with Gasteiger partial charge in [-0.15, -0.1) is 0 Å². The van der Waals surface area contributed by atoms with Crippen molar-refractivity contribution in [3.8, 4) is 0 Å². The SMILES string of the molecule is Cc1cccc(CNC(=O)c2n[nH]c3c2CN(C(=O)c2ccc([N+](=O)[O-])cc2)CC3)c1. The lowest BCUT2D eigenvalue weighted by Crippen LogP contribution is -2.36. The molecule has 4 rings (SSSR count). The van der Waals surface area contributed by atoms with Crippen LogP contribution in [0.25, 0.3) is 0 Å². The highest BCUT2D eigenvalue weighted by atomic mass is 16.6. The summed E-state index contributed by atoms with van der Waals surface area (Å²) in [7, 11) is 0. The number of hydrogen-bond acceptors (Lipinski definition) is 5. The molecule has 31 heavy (non-hydrogen) atoms. The highest BCUT2D eigenvalue weighted by Gasteiger charge is 2.28. The summed E-state index contributed by atoms with van der Waals surface area (Å²) in [5.41, 5.74) is 4.22. The van der Waals surface area contributed by atoms with E-state index in [9.17, 15) is 19.7 Å². The van der Waals surface area contributed by atoms with Crippen LogP contribution in [0.4, 0.5) is 5.69 Å². The van der Waals surface area contributed by atoms with E-state index in [1.54, 1.807) is 4.90 Å². The number of aromatic nitrogens is 2. The number of rotatable bonds is 5. The lowest BCUT2D eigenvalue weighted by atomic mass is 10.0. The Kier molecular flexibility index (Phi) is 5.48. The summed E-state index contributed by atoms with van der Waals surface area (Å²) in [6.45, 7) is 3.09. The number of aromatic amines is 1. The molecule has 0 atom stereocenters. The van der Waals surface area contributed by atoms with Gasteiger partial charge in [-0.2, -0.15) is 5.10 Å². The average Bonchev–Trinajstić information content (AvgIpc) is 3.20. The number of aryl methyl sites for hydroxylation is 1. The highest BCUT2D eigenvalue weighted by molar-refractivity contribution is 5.96. The monoisotopic (exact) mass is 419 g/mol. The van der Waals surface area contributed by atoms with Crippen molar-refractivity contribution in [2.45, 2.75) is 26.4 Å².